The molecule has 2 aromatic carbocycles. The van der Waals surface area contributed by atoms with E-state index >= 15 is 0 Å². The van der Waals surface area contributed by atoms with Gasteiger partial charge in [-0.05, 0) is 48.5 Å². The van der Waals surface area contributed by atoms with Crippen molar-refractivity contribution in [1.82, 2.24) is 5.32 Å². The molecule has 2 heterocycles. The van der Waals surface area contributed by atoms with Crippen LogP contribution in [0.25, 0.3) is 6.08 Å². The van der Waals surface area contributed by atoms with Crippen molar-refractivity contribution in [1.29, 1.82) is 0 Å². The Labute approximate surface area is 143 Å². The van der Waals surface area contributed by atoms with Crippen LogP contribution in [0.2, 0.25) is 0 Å². The zero-order chi connectivity index (χ0) is 16.5. The Hall–Kier alpha value is -2.73. The summed E-state index contributed by atoms with van der Waals surface area (Å²) in [5.74, 6) is 1.20. The van der Waals surface area contributed by atoms with Gasteiger partial charge in [0.15, 0.2) is 16.7 Å². The van der Waals surface area contributed by atoms with Gasteiger partial charge in [0.2, 0.25) is 6.79 Å². The summed E-state index contributed by atoms with van der Waals surface area (Å²) in [4.78, 5) is 17.3. The van der Waals surface area contributed by atoms with E-state index in [9.17, 15) is 4.79 Å². The van der Waals surface area contributed by atoms with Crippen molar-refractivity contribution in [2.75, 3.05) is 6.79 Å². The molecule has 1 N–H and O–H groups in total. The number of nitrogens with one attached hydrogen (secondary N) is 1. The van der Waals surface area contributed by atoms with Crippen molar-refractivity contribution >= 4 is 34.6 Å². The van der Waals surface area contributed by atoms with Crippen LogP contribution in [0.15, 0.2) is 52.4 Å². The van der Waals surface area contributed by atoms with Gasteiger partial charge in [-0.25, -0.2) is 4.99 Å². The summed E-state index contributed by atoms with van der Waals surface area (Å²) in [5.41, 5.74) is 2.76. The molecular formula is C18H14N2O3S. The number of carbonyl (C=O) groups is 1. The number of ether oxygens (including phenoxy) is 2. The summed E-state index contributed by atoms with van der Waals surface area (Å²) in [5, 5.41) is 3.36. The molecule has 0 aliphatic carbocycles. The molecule has 2 aromatic rings. The van der Waals surface area contributed by atoms with Gasteiger partial charge in [0.25, 0.3) is 5.91 Å². The summed E-state index contributed by atoms with van der Waals surface area (Å²) in [6.45, 7) is 2.21. The molecule has 1 saturated heterocycles. The summed E-state index contributed by atoms with van der Waals surface area (Å²) in [6.07, 6.45) is 1.80. The van der Waals surface area contributed by atoms with Crippen LogP contribution < -0.4 is 14.8 Å². The number of carbonyl (C=O) groups excluding carboxylic acids is 1. The lowest BCUT2D eigenvalue weighted by molar-refractivity contribution is -0.115. The first-order valence-electron chi connectivity index (χ1n) is 7.44. The van der Waals surface area contributed by atoms with Crippen LogP contribution >= 0.6 is 11.8 Å². The van der Waals surface area contributed by atoms with E-state index in [-0.39, 0.29) is 12.7 Å². The third-order valence-electron chi connectivity index (χ3n) is 3.60. The molecule has 0 radical (unpaired) electrons. The number of amides is 1. The number of aryl methyl sites for hydroxylation is 1. The molecule has 0 unspecified atom stereocenters. The maximum Gasteiger partial charge on any atom is 0.264 e. The van der Waals surface area contributed by atoms with Gasteiger partial charge in [-0.15, -0.1) is 0 Å². The second-order valence-electron chi connectivity index (χ2n) is 5.40. The molecule has 0 atom stereocenters. The fourth-order valence-electron chi connectivity index (χ4n) is 2.50. The van der Waals surface area contributed by atoms with E-state index in [4.69, 9.17) is 9.47 Å². The maximum absolute atomic E-state index is 12.2. The molecule has 24 heavy (non-hydrogen) atoms. The first kappa shape index (κ1) is 14.8. The minimum absolute atomic E-state index is 0.164. The van der Waals surface area contributed by atoms with Crippen LogP contribution in [-0.4, -0.2) is 17.9 Å². The molecule has 0 aromatic heterocycles. The largest absolute Gasteiger partial charge is 0.454 e. The third-order valence-corrected chi connectivity index (χ3v) is 4.51. The highest BCUT2D eigenvalue weighted by Crippen LogP contribution is 2.38. The van der Waals surface area contributed by atoms with E-state index in [1.807, 2.05) is 49.4 Å². The van der Waals surface area contributed by atoms with Gasteiger partial charge < -0.3 is 14.8 Å². The predicted molar refractivity (Wildman–Crippen MR) is 94.5 cm³/mol. The van der Waals surface area contributed by atoms with Gasteiger partial charge in [-0.1, -0.05) is 24.3 Å². The van der Waals surface area contributed by atoms with Crippen LogP contribution in [0.4, 0.5) is 5.69 Å². The van der Waals surface area contributed by atoms with Gasteiger partial charge in [-0.2, -0.15) is 0 Å². The van der Waals surface area contributed by atoms with Crippen molar-refractivity contribution in [2.45, 2.75) is 6.92 Å². The Balaban J connectivity index is 1.62. The van der Waals surface area contributed by atoms with Gasteiger partial charge in [0.1, 0.15) is 0 Å². The highest BCUT2D eigenvalue weighted by Gasteiger charge is 2.25. The van der Waals surface area contributed by atoms with Crippen LogP contribution in [0.1, 0.15) is 11.1 Å². The van der Waals surface area contributed by atoms with Gasteiger partial charge >= 0.3 is 0 Å². The standard InChI is InChI=1S/C18H14N2O3S/c1-11-4-2-6-13(8-11)19-18-20-17(21)15(24-18)9-12-5-3-7-14-16(12)23-10-22-14/h2-9H,10H2,1H3,(H,19,20,21)/b15-9-. The highest BCUT2D eigenvalue weighted by molar-refractivity contribution is 8.18. The molecular weight excluding hydrogens is 324 g/mol. The Kier molecular flexibility index (Phi) is 3.74. The topological polar surface area (TPSA) is 59.9 Å². The molecule has 120 valence electrons. The van der Waals surface area contributed by atoms with E-state index in [1.165, 1.54) is 11.8 Å². The summed E-state index contributed by atoms with van der Waals surface area (Å²) >= 11 is 1.31. The van der Waals surface area contributed by atoms with Crippen molar-refractivity contribution in [3.8, 4) is 11.5 Å². The van der Waals surface area contributed by atoms with Crippen LogP contribution in [0.3, 0.4) is 0 Å². The number of aliphatic imine (C=N–C) groups is 1. The van der Waals surface area contributed by atoms with Crippen molar-refractivity contribution < 1.29 is 14.3 Å². The van der Waals surface area contributed by atoms with E-state index < -0.39 is 0 Å². The Morgan fingerprint density at radius 3 is 2.96 bits per heavy atom. The average molecular weight is 338 g/mol. The lowest BCUT2D eigenvalue weighted by Crippen LogP contribution is -2.19. The van der Waals surface area contributed by atoms with Crippen molar-refractivity contribution in [3.63, 3.8) is 0 Å². The molecule has 5 nitrogen and oxygen atoms in total. The minimum atomic E-state index is -0.164. The van der Waals surface area contributed by atoms with E-state index in [0.29, 0.717) is 21.6 Å². The quantitative estimate of drug-likeness (QED) is 0.850. The first-order valence-corrected chi connectivity index (χ1v) is 8.25. The molecule has 0 bridgehead atoms. The first-order chi connectivity index (χ1) is 11.7. The van der Waals surface area contributed by atoms with Gasteiger partial charge in [-0.3, -0.25) is 4.79 Å². The lowest BCUT2D eigenvalue weighted by Gasteiger charge is -2.00. The summed E-state index contributed by atoms with van der Waals surface area (Å²) in [6, 6.07) is 13.4. The second-order valence-corrected chi connectivity index (χ2v) is 6.43. The predicted octanol–water partition coefficient (Wildman–Crippen LogP) is 3.62. The maximum atomic E-state index is 12.2. The van der Waals surface area contributed by atoms with Crippen molar-refractivity contribution in [3.05, 3.63) is 58.5 Å². The molecule has 6 heteroatoms. The van der Waals surface area contributed by atoms with Gasteiger partial charge in [0.05, 0.1) is 10.6 Å². The lowest BCUT2D eigenvalue weighted by atomic mass is 10.1. The molecule has 2 aliphatic heterocycles. The number of thioether (sulfide) groups is 1. The number of amidine groups is 1. The van der Waals surface area contributed by atoms with E-state index in [1.54, 1.807) is 6.08 Å². The summed E-state index contributed by atoms with van der Waals surface area (Å²) < 4.78 is 10.8. The zero-order valence-corrected chi connectivity index (χ0v) is 13.7. The molecule has 1 amide bonds. The Bertz CT molecular complexity index is 890. The fraction of sp³-hybridized carbons (Fsp3) is 0.111. The minimum Gasteiger partial charge on any atom is -0.454 e. The number of hydrogen-bond acceptors (Lipinski definition) is 5. The number of benzene rings is 2. The van der Waals surface area contributed by atoms with Crippen LogP contribution in [0, 0.1) is 6.92 Å². The Morgan fingerprint density at radius 2 is 2.08 bits per heavy atom. The second kappa shape index (κ2) is 6.05. The monoisotopic (exact) mass is 338 g/mol. The fourth-order valence-corrected chi connectivity index (χ4v) is 3.34. The van der Waals surface area contributed by atoms with Gasteiger partial charge in [0, 0.05) is 5.56 Å². The van der Waals surface area contributed by atoms with Crippen molar-refractivity contribution in [2.24, 2.45) is 4.99 Å². The normalized spacial score (nSPS) is 19.1. The van der Waals surface area contributed by atoms with E-state index in [2.05, 4.69) is 10.3 Å². The molecule has 4 rings (SSSR count). The SMILES string of the molecule is Cc1cccc(N=C2NC(=O)/C(=C/c3cccc4c3OCO4)S2)c1. The molecule has 1 fully saturated rings. The smallest absolute Gasteiger partial charge is 0.264 e. The number of para-hydroxylation sites is 1. The average Bonchev–Trinajstić information content (AvgIpc) is 3.15. The third kappa shape index (κ3) is 2.88. The number of fused-ring (bicyclic) bond motifs is 1. The van der Waals surface area contributed by atoms with Crippen LogP contribution in [0.5, 0.6) is 11.5 Å². The van der Waals surface area contributed by atoms with Crippen LogP contribution in [-0.2, 0) is 4.79 Å². The Morgan fingerprint density at radius 1 is 1.21 bits per heavy atom. The van der Waals surface area contributed by atoms with E-state index in [0.717, 1.165) is 16.8 Å². The summed E-state index contributed by atoms with van der Waals surface area (Å²) in [7, 11) is 0. The zero-order valence-electron chi connectivity index (χ0n) is 12.9. The highest BCUT2D eigenvalue weighted by atomic mass is 32.2. The molecule has 2 aliphatic rings. The number of hydrogen-bond donors (Lipinski definition) is 1. The molecule has 0 saturated carbocycles. The number of nitrogens with zero attached hydrogens (tertiary/aromatic N) is 1. The number of rotatable bonds is 2. The molecule has 0 spiro atoms.